The summed E-state index contributed by atoms with van der Waals surface area (Å²) in [6.07, 6.45) is 1.39. The second kappa shape index (κ2) is 11.5. The van der Waals surface area contributed by atoms with Crippen molar-refractivity contribution < 1.29 is 28.6 Å². The minimum absolute atomic E-state index is 0.203. The molecule has 0 atom stereocenters. The number of rotatable bonds is 8. The topological polar surface area (TPSA) is 94.2 Å². The van der Waals surface area contributed by atoms with Crippen molar-refractivity contribution in [3.05, 3.63) is 86.9 Å². The molecule has 0 bridgehead atoms. The van der Waals surface area contributed by atoms with Gasteiger partial charge in [-0.2, -0.15) is 0 Å². The number of halogens is 2. The van der Waals surface area contributed by atoms with Crippen molar-refractivity contribution in [2.75, 3.05) is 18.6 Å². The summed E-state index contributed by atoms with van der Waals surface area (Å²) in [5.74, 6) is -0.165. The third-order valence-electron chi connectivity index (χ3n) is 5.40. The van der Waals surface area contributed by atoms with Crippen LogP contribution < -0.4 is 24.4 Å². The molecule has 0 spiro atoms. The zero-order valence-corrected chi connectivity index (χ0v) is 22.3. The fourth-order valence-electron chi connectivity index (χ4n) is 3.65. The zero-order chi connectivity index (χ0) is 26.5. The predicted molar refractivity (Wildman–Crippen MR) is 143 cm³/mol. The first-order valence-corrected chi connectivity index (χ1v) is 12.4. The fraction of sp³-hybridized carbons (Fsp3) is 0.148. The lowest BCUT2D eigenvalue weighted by molar-refractivity contribution is -0.122. The number of carbonyl (C=O) groups is 3. The number of amides is 4. The van der Waals surface area contributed by atoms with E-state index in [2.05, 4.69) is 21.2 Å². The first-order valence-electron chi connectivity index (χ1n) is 11.2. The molecule has 0 radical (unpaired) electrons. The number of hydrogen-bond donors (Lipinski definition) is 1. The van der Waals surface area contributed by atoms with E-state index in [0.29, 0.717) is 44.6 Å². The Hall–Kier alpha value is -3.82. The number of anilines is 1. The van der Waals surface area contributed by atoms with Crippen LogP contribution in [-0.2, 0) is 16.2 Å². The van der Waals surface area contributed by atoms with Gasteiger partial charge in [-0.3, -0.25) is 14.9 Å². The van der Waals surface area contributed by atoms with Crippen LogP contribution in [0.4, 0.5) is 10.5 Å². The van der Waals surface area contributed by atoms with Gasteiger partial charge in [-0.05, 0) is 77.0 Å². The minimum Gasteiger partial charge on any atom is -0.494 e. The van der Waals surface area contributed by atoms with Crippen LogP contribution in [0.1, 0.15) is 18.1 Å². The van der Waals surface area contributed by atoms with Crippen LogP contribution >= 0.6 is 27.5 Å². The number of carbonyl (C=O) groups excluding carboxylic acids is 3. The second-order valence-electron chi connectivity index (χ2n) is 7.80. The SMILES string of the molecule is CCOc1ccc(N2C(=O)NC(=O)/C(=C/c3cc(Br)c(OCc4ccccc4Cl)c(OC)c3)C2=O)cc1. The molecule has 10 heteroatoms. The number of methoxy groups -OCH3 is 1. The Bertz CT molecular complexity index is 1390. The van der Waals surface area contributed by atoms with Gasteiger partial charge in [0.25, 0.3) is 11.8 Å². The minimum atomic E-state index is -0.835. The summed E-state index contributed by atoms with van der Waals surface area (Å²) in [5, 5.41) is 2.79. The number of benzene rings is 3. The summed E-state index contributed by atoms with van der Waals surface area (Å²) in [6.45, 7) is 2.53. The smallest absolute Gasteiger partial charge is 0.335 e. The van der Waals surface area contributed by atoms with Crippen molar-refractivity contribution in [1.82, 2.24) is 5.32 Å². The molecule has 1 fully saturated rings. The Balaban J connectivity index is 1.62. The lowest BCUT2D eigenvalue weighted by Gasteiger charge is -2.26. The first kappa shape index (κ1) is 26.2. The third-order valence-corrected chi connectivity index (χ3v) is 6.36. The Morgan fingerprint density at radius 2 is 1.76 bits per heavy atom. The van der Waals surface area contributed by atoms with Gasteiger partial charge in [-0.25, -0.2) is 9.69 Å². The average molecular weight is 586 g/mol. The van der Waals surface area contributed by atoms with Gasteiger partial charge in [0.2, 0.25) is 0 Å². The number of imide groups is 2. The van der Waals surface area contributed by atoms with Crippen molar-refractivity contribution in [3.8, 4) is 17.2 Å². The van der Waals surface area contributed by atoms with Gasteiger partial charge in [0.1, 0.15) is 17.9 Å². The summed E-state index contributed by atoms with van der Waals surface area (Å²) in [5.41, 5.74) is 1.36. The largest absolute Gasteiger partial charge is 0.494 e. The van der Waals surface area contributed by atoms with E-state index in [0.717, 1.165) is 10.5 Å². The van der Waals surface area contributed by atoms with E-state index in [1.165, 1.54) is 13.2 Å². The summed E-state index contributed by atoms with van der Waals surface area (Å²) in [4.78, 5) is 39.2. The summed E-state index contributed by atoms with van der Waals surface area (Å²) in [7, 11) is 1.48. The van der Waals surface area contributed by atoms with Gasteiger partial charge in [-0.15, -0.1) is 0 Å². The van der Waals surface area contributed by atoms with Crippen molar-refractivity contribution in [3.63, 3.8) is 0 Å². The van der Waals surface area contributed by atoms with Crippen LogP contribution in [-0.4, -0.2) is 31.6 Å². The number of nitrogens with one attached hydrogen (secondary N) is 1. The molecule has 1 aliphatic rings. The molecule has 3 aromatic carbocycles. The Morgan fingerprint density at radius 3 is 2.43 bits per heavy atom. The molecule has 0 unspecified atom stereocenters. The maximum atomic E-state index is 13.2. The molecular weight excluding hydrogens is 564 g/mol. The van der Waals surface area contributed by atoms with Crippen LogP contribution in [0.2, 0.25) is 5.02 Å². The van der Waals surface area contributed by atoms with Crippen LogP contribution in [0.25, 0.3) is 6.08 Å². The quantitative estimate of drug-likeness (QED) is 0.267. The van der Waals surface area contributed by atoms with Gasteiger partial charge in [-0.1, -0.05) is 29.8 Å². The van der Waals surface area contributed by atoms with E-state index >= 15 is 0 Å². The van der Waals surface area contributed by atoms with Gasteiger partial charge in [0.15, 0.2) is 11.5 Å². The maximum Gasteiger partial charge on any atom is 0.335 e. The van der Waals surface area contributed by atoms with E-state index in [1.54, 1.807) is 42.5 Å². The number of ether oxygens (including phenoxy) is 3. The molecule has 0 aromatic heterocycles. The second-order valence-corrected chi connectivity index (χ2v) is 9.06. The zero-order valence-electron chi connectivity index (χ0n) is 19.9. The van der Waals surface area contributed by atoms with Crippen LogP contribution in [0.3, 0.4) is 0 Å². The molecule has 1 saturated heterocycles. The predicted octanol–water partition coefficient (Wildman–Crippen LogP) is 5.76. The molecule has 1 heterocycles. The summed E-state index contributed by atoms with van der Waals surface area (Å²) < 4.78 is 17.4. The molecule has 1 N–H and O–H groups in total. The maximum absolute atomic E-state index is 13.2. The van der Waals surface area contributed by atoms with Crippen molar-refractivity contribution in [1.29, 1.82) is 0 Å². The molecule has 4 rings (SSSR count). The molecule has 3 aromatic rings. The molecule has 0 saturated carbocycles. The van der Waals surface area contributed by atoms with Crippen LogP contribution in [0, 0.1) is 0 Å². The first-order chi connectivity index (χ1) is 17.8. The molecule has 190 valence electrons. The van der Waals surface area contributed by atoms with E-state index in [-0.39, 0.29) is 12.2 Å². The lowest BCUT2D eigenvalue weighted by atomic mass is 10.1. The normalized spacial score (nSPS) is 14.5. The van der Waals surface area contributed by atoms with Gasteiger partial charge in [0, 0.05) is 10.6 Å². The highest BCUT2D eigenvalue weighted by Crippen LogP contribution is 2.38. The number of urea groups is 1. The van der Waals surface area contributed by atoms with E-state index in [4.69, 9.17) is 25.8 Å². The highest BCUT2D eigenvalue weighted by atomic mass is 79.9. The molecule has 8 nitrogen and oxygen atoms in total. The Morgan fingerprint density at radius 1 is 1.03 bits per heavy atom. The standard InChI is InChI=1S/C27H22BrClN2O6/c1-3-36-19-10-8-18(9-11-19)31-26(33)20(25(32)30-27(31)34)12-16-13-21(28)24(23(14-16)35-2)37-15-17-6-4-5-7-22(17)29/h4-14H,3,15H2,1-2H3,(H,30,32,34)/b20-12-. The molecule has 0 aliphatic carbocycles. The summed E-state index contributed by atoms with van der Waals surface area (Å²) in [6, 6.07) is 16.2. The average Bonchev–Trinajstić information content (AvgIpc) is 2.87. The number of hydrogen-bond acceptors (Lipinski definition) is 6. The number of barbiturate groups is 1. The third kappa shape index (κ3) is 5.79. The fourth-order valence-corrected chi connectivity index (χ4v) is 4.41. The highest BCUT2D eigenvalue weighted by Gasteiger charge is 2.37. The molecule has 1 aliphatic heterocycles. The molecular formula is C27H22BrClN2O6. The van der Waals surface area contributed by atoms with Crippen molar-refractivity contribution >= 4 is 57.1 Å². The molecule has 4 amide bonds. The van der Waals surface area contributed by atoms with Gasteiger partial charge >= 0.3 is 6.03 Å². The Labute approximate surface area is 226 Å². The lowest BCUT2D eigenvalue weighted by Crippen LogP contribution is -2.54. The van der Waals surface area contributed by atoms with Crippen LogP contribution in [0.5, 0.6) is 17.2 Å². The van der Waals surface area contributed by atoms with Crippen molar-refractivity contribution in [2.45, 2.75) is 13.5 Å². The van der Waals surface area contributed by atoms with Crippen molar-refractivity contribution in [2.24, 2.45) is 0 Å². The van der Waals surface area contributed by atoms with Crippen LogP contribution in [0.15, 0.2) is 70.7 Å². The van der Waals surface area contributed by atoms with E-state index in [9.17, 15) is 14.4 Å². The number of nitrogens with zero attached hydrogens (tertiary/aromatic N) is 1. The summed E-state index contributed by atoms with van der Waals surface area (Å²) >= 11 is 9.69. The van der Waals surface area contributed by atoms with Gasteiger partial charge in [0.05, 0.1) is 23.9 Å². The van der Waals surface area contributed by atoms with E-state index in [1.807, 2.05) is 25.1 Å². The van der Waals surface area contributed by atoms with Gasteiger partial charge < -0.3 is 14.2 Å². The monoisotopic (exact) mass is 584 g/mol. The Kier molecular flexibility index (Phi) is 8.15. The van der Waals surface area contributed by atoms with E-state index < -0.39 is 17.8 Å². The highest BCUT2D eigenvalue weighted by molar-refractivity contribution is 9.10. The molecule has 37 heavy (non-hydrogen) atoms.